The van der Waals surface area contributed by atoms with Crippen LogP contribution in [0.3, 0.4) is 0 Å². The van der Waals surface area contributed by atoms with Gasteiger partial charge in [0.05, 0.1) is 0 Å². The number of phenols is 1. The van der Waals surface area contributed by atoms with Crippen molar-refractivity contribution in [1.82, 2.24) is 0 Å². The first-order valence-corrected chi connectivity index (χ1v) is 6.13. The predicted octanol–water partition coefficient (Wildman–Crippen LogP) is 3.68. The Bertz CT molecular complexity index is 651. The van der Waals surface area contributed by atoms with Gasteiger partial charge < -0.3 is 14.6 Å². The number of hydrogen-bond acceptors (Lipinski definition) is 4. The largest absolute Gasteiger partial charge is 0.573 e. The van der Waals surface area contributed by atoms with Gasteiger partial charge in [0, 0.05) is 5.56 Å². The normalized spacial score (nSPS) is 11.0. The SMILES string of the molecule is O=Cc1ccc(OCc2ccc(OC(F)(F)F)cc2)c(O)c1. The summed E-state index contributed by atoms with van der Waals surface area (Å²) in [6.45, 7) is 0.0420. The molecule has 1 N–H and O–H groups in total. The topological polar surface area (TPSA) is 55.8 Å². The van der Waals surface area contributed by atoms with E-state index in [4.69, 9.17) is 4.74 Å². The number of aldehydes is 1. The van der Waals surface area contributed by atoms with Gasteiger partial charge in [0.25, 0.3) is 0 Å². The highest BCUT2D eigenvalue weighted by atomic mass is 19.4. The third-order valence-electron chi connectivity index (χ3n) is 2.67. The number of benzene rings is 2. The van der Waals surface area contributed by atoms with E-state index < -0.39 is 6.36 Å². The van der Waals surface area contributed by atoms with Crippen LogP contribution in [0.1, 0.15) is 15.9 Å². The predicted molar refractivity (Wildman–Crippen MR) is 71.0 cm³/mol. The molecule has 2 aromatic rings. The van der Waals surface area contributed by atoms with Gasteiger partial charge in [-0.2, -0.15) is 0 Å². The highest BCUT2D eigenvalue weighted by Crippen LogP contribution is 2.27. The minimum atomic E-state index is -4.73. The van der Waals surface area contributed by atoms with Gasteiger partial charge in [0.1, 0.15) is 18.6 Å². The Hall–Kier alpha value is -2.70. The van der Waals surface area contributed by atoms with Gasteiger partial charge in [0.15, 0.2) is 11.5 Å². The third kappa shape index (κ3) is 4.41. The summed E-state index contributed by atoms with van der Waals surface area (Å²) in [7, 11) is 0. The summed E-state index contributed by atoms with van der Waals surface area (Å²) in [6, 6.07) is 9.32. The summed E-state index contributed by atoms with van der Waals surface area (Å²) in [5, 5.41) is 9.64. The second-order valence-electron chi connectivity index (χ2n) is 4.33. The molecule has 4 nitrogen and oxygen atoms in total. The zero-order valence-corrected chi connectivity index (χ0v) is 11.1. The monoisotopic (exact) mass is 312 g/mol. The summed E-state index contributed by atoms with van der Waals surface area (Å²) < 4.78 is 45.1. The summed E-state index contributed by atoms with van der Waals surface area (Å²) in [5.74, 6) is -0.350. The fourth-order valence-corrected chi connectivity index (χ4v) is 1.68. The van der Waals surface area contributed by atoms with Crippen LogP contribution >= 0.6 is 0 Å². The fraction of sp³-hybridized carbons (Fsp3) is 0.133. The molecule has 0 spiro atoms. The molecule has 0 bridgehead atoms. The average molecular weight is 312 g/mol. The molecule has 0 aliphatic carbocycles. The van der Waals surface area contributed by atoms with Crippen LogP contribution in [-0.4, -0.2) is 17.8 Å². The van der Waals surface area contributed by atoms with Crippen molar-refractivity contribution < 1.29 is 32.5 Å². The van der Waals surface area contributed by atoms with Crippen LogP contribution in [0.4, 0.5) is 13.2 Å². The number of rotatable bonds is 5. The van der Waals surface area contributed by atoms with E-state index in [1.807, 2.05) is 0 Å². The number of halogens is 3. The fourth-order valence-electron chi connectivity index (χ4n) is 1.68. The van der Waals surface area contributed by atoms with Gasteiger partial charge >= 0.3 is 6.36 Å². The van der Waals surface area contributed by atoms with Crippen LogP contribution in [0.15, 0.2) is 42.5 Å². The van der Waals surface area contributed by atoms with E-state index in [0.29, 0.717) is 17.4 Å². The molecule has 22 heavy (non-hydrogen) atoms. The molecule has 0 amide bonds. The van der Waals surface area contributed by atoms with Crippen LogP contribution in [0.25, 0.3) is 0 Å². The summed E-state index contributed by atoms with van der Waals surface area (Å²) in [5.41, 5.74) is 0.895. The van der Waals surface area contributed by atoms with Gasteiger partial charge in [-0.25, -0.2) is 0 Å². The van der Waals surface area contributed by atoms with E-state index in [1.54, 1.807) is 0 Å². The number of aromatic hydroxyl groups is 1. The Morgan fingerprint density at radius 2 is 1.77 bits per heavy atom. The lowest BCUT2D eigenvalue weighted by atomic mass is 10.2. The number of ether oxygens (including phenoxy) is 2. The first-order valence-electron chi connectivity index (χ1n) is 6.13. The zero-order valence-electron chi connectivity index (χ0n) is 11.1. The maximum Gasteiger partial charge on any atom is 0.573 e. The van der Waals surface area contributed by atoms with Crippen molar-refractivity contribution in [2.75, 3.05) is 0 Å². The Balaban J connectivity index is 1.98. The van der Waals surface area contributed by atoms with Gasteiger partial charge in [-0.05, 0) is 35.9 Å². The maximum atomic E-state index is 12.0. The van der Waals surface area contributed by atoms with Crippen LogP contribution in [0.5, 0.6) is 17.2 Å². The zero-order chi connectivity index (χ0) is 16.2. The van der Waals surface area contributed by atoms with Gasteiger partial charge in [-0.1, -0.05) is 12.1 Å². The quantitative estimate of drug-likeness (QED) is 0.856. The molecule has 0 saturated carbocycles. The van der Waals surface area contributed by atoms with Crippen LogP contribution < -0.4 is 9.47 Å². The van der Waals surface area contributed by atoms with E-state index >= 15 is 0 Å². The molecule has 0 saturated heterocycles. The van der Waals surface area contributed by atoms with Crippen molar-refractivity contribution in [2.24, 2.45) is 0 Å². The number of carbonyl (C=O) groups excluding carboxylic acids is 1. The van der Waals surface area contributed by atoms with Crippen molar-refractivity contribution in [3.8, 4) is 17.2 Å². The van der Waals surface area contributed by atoms with Crippen molar-refractivity contribution in [2.45, 2.75) is 13.0 Å². The molecule has 0 unspecified atom stereocenters. The van der Waals surface area contributed by atoms with E-state index in [-0.39, 0.29) is 23.9 Å². The van der Waals surface area contributed by atoms with Crippen molar-refractivity contribution in [3.05, 3.63) is 53.6 Å². The average Bonchev–Trinajstić information content (AvgIpc) is 2.46. The summed E-state index contributed by atoms with van der Waals surface area (Å²) in [6.07, 6.45) is -4.15. The highest BCUT2D eigenvalue weighted by molar-refractivity contribution is 5.76. The number of carbonyl (C=O) groups is 1. The first-order chi connectivity index (χ1) is 10.4. The molecule has 2 aromatic carbocycles. The lowest BCUT2D eigenvalue weighted by Gasteiger charge is -2.10. The van der Waals surface area contributed by atoms with Crippen LogP contribution in [-0.2, 0) is 6.61 Å². The summed E-state index contributed by atoms with van der Waals surface area (Å²) >= 11 is 0. The lowest BCUT2D eigenvalue weighted by molar-refractivity contribution is -0.274. The molecule has 0 fully saturated rings. The van der Waals surface area contributed by atoms with Crippen molar-refractivity contribution in [1.29, 1.82) is 0 Å². The Labute approximate surface area is 123 Å². The Morgan fingerprint density at radius 1 is 1.09 bits per heavy atom. The maximum absolute atomic E-state index is 12.0. The number of hydrogen-bond donors (Lipinski definition) is 1. The molecule has 7 heteroatoms. The second-order valence-corrected chi connectivity index (χ2v) is 4.33. The Kier molecular flexibility index (Phi) is 4.55. The standard InChI is InChI=1S/C15H11F3O4/c16-15(17,18)22-12-4-1-10(2-5-12)9-21-14-6-3-11(8-19)7-13(14)20/h1-8,20H,9H2. The Morgan fingerprint density at radius 3 is 2.32 bits per heavy atom. The molecular weight excluding hydrogens is 301 g/mol. The minimum Gasteiger partial charge on any atom is -0.504 e. The second kappa shape index (κ2) is 6.38. The summed E-state index contributed by atoms with van der Waals surface area (Å²) in [4.78, 5) is 10.5. The molecule has 2 rings (SSSR count). The molecular formula is C15H11F3O4. The van der Waals surface area contributed by atoms with E-state index in [0.717, 1.165) is 0 Å². The van der Waals surface area contributed by atoms with Crippen molar-refractivity contribution >= 4 is 6.29 Å². The minimum absolute atomic E-state index is 0.0420. The molecule has 0 heterocycles. The van der Waals surface area contributed by atoms with Crippen LogP contribution in [0, 0.1) is 0 Å². The third-order valence-corrected chi connectivity index (χ3v) is 2.67. The van der Waals surface area contributed by atoms with Gasteiger partial charge in [0.2, 0.25) is 0 Å². The van der Waals surface area contributed by atoms with Crippen molar-refractivity contribution in [3.63, 3.8) is 0 Å². The molecule has 0 aromatic heterocycles. The van der Waals surface area contributed by atoms with Gasteiger partial charge in [-0.3, -0.25) is 4.79 Å². The molecule has 116 valence electrons. The number of alkyl halides is 3. The van der Waals surface area contributed by atoms with Gasteiger partial charge in [-0.15, -0.1) is 13.2 Å². The van der Waals surface area contributed by atoms with Crippen LogP contribution in [0.2, 0.25) is 0 Å². The lowest BCUT2D eigenvalue weighted by Crippen LogP contribution is -2.17. The molecule has 0 aliphatic rings. The number of phenolic OH excluding ortho intramolecular Hbond substituents is 1. The smallest absolute Gasteiger partial charge is 0.504 e. The van der Waals surface area contributed by atoms with E-state index in [2.05, 4.69) is 4.74 Å². The molecule has 0 aliphatic heterocycles. The first kappa shape index (κ1) is 15.7. The molecule has 0 radical (unpaired) electrons. The highest BCUT2D eigenvalue weighted by Gasteiger charge is 2.30. The molecule has 0 atom stereocenters. The van der Waals surface area contributed by atoms with E-state index in [9.17, 15) is 23.1 Å². The van der Waals surface area contributed by atoms with E-state index in [1.165, 1.54) is 42.5 Å².